The highest BCUT2D eigenvalue weighted by Crippen LogP contribution is 2.24. The molecule has 0 aromatic heterocycles. The monoisotopic (exact) mass is 391 g/mol. The van der Waals surface area contributed by atoms with Crippen molar-refractivity contribution in [3.8, 4) is 5.75 Å². The van der Waals surface area contributed by atoms with E-state index in [4.69, 9.17) is 9.47 Å². The highest BCUT2D eigenvalue weighted by molar-refractivity contribution is 5.77. The maximum atomic E-state index is 12.3. The minimum atomic E-state index is -0.478. The van der Waals surface area contributed by atoms with E-state index in [0.717, 1.165) is 18.5 Å². The first-order valence-electron chi connectivity index (χ1n) is 9.86. The minimum absolute atomic E-state index is 0.00341. The average Bonchev–Trinajstić information content (AvgIpc) is 2.81. The lowest BCUT2D eigenvalue weighted by molar-refractivity contribution is -0.122. The summed E-state index contributed by atoms with van der Waals surface area (Å²) in [5.74, 6) is 0.916. The van der Waals surface area contributed by atoms with Gasteiger partial charge in [-0.1, -0.05) is 6.92 Å². The predicted molar refractivity (Wildman–Crippen MR) is 110 cm³/mol. The van der Waals surface area contributed by atoms with Crippen LogP contribution in [0.25, 0.3) is 0 Å². The first kappa shape index (κ1) is 21.9. The van der Waals surface area contributed by atoms with Crippen LogP contribution in [0.3, 0.4) is 0 Å². The van der Waals surface area contributed by atoms with Crippen molar-refractivity contribution in [1.82, 2.24) is 10.2 Å². The Morgan fingerprint density at radius 1 is 1.14 bits per heavy atom. The standard InChI is InChI=1S/C21H33N3O4/c1-15-10-12-24(20(26)28-21(2,3)4)13-11-18(15)23-16-6-8-17(9-7-16)27-14-19(25)22-5/h6-9,15,18,23H,10-14H2,1-5H3,(H,22,25)/t15-,18+/m1/s1. The van der Waals surface area contributed by atoms with Crippen LogP contribution in [0.1, 0.15) is 40.5 Å². The fourth-order valence-electron chi connectivity index (χ4n) is 3.06. The molecule has 1 aliphatic heterocycles. The number of hydrogen-bond acceptors (Lipinski definition) is 5. The number of ether oxygens (including phenoxy) is 2. The van der Waals surface area contributed by atoms with E-state index in [1.807, 2.05) is 45.0 Å². The van der Waals surface area contributed by atoms with Gasteiger partial charge in [0.25, 0.3) is 5.91 Å². The second-order valence-electron chi connectivity index (χ2n) is 8.26. The maximum Gasteiger partial charge on any atom is 0.410 e. The number of nitrogens with one attached hydrogen (secondary N) is 2. The molecule has 1 aliphatic rings. The van der Waals surface area contributed by atoms with Gasteiger partial charge >= 0.3 is 6.09 Å². The molecule has 0 saturated carbocycles. The molecule has 1 aromatic carbocycles. The van der Waals surface area contributed by atoms with Gasteiger partial charge in [0.05, 0.1) is 0 Å². The number of benzene rings is 1. The fraction of sp³-hybridized carbons (Fsp3) is 0.619. The third-order valence-corrected chi connectivity index (χ3v) is 4.76. The van der Waals surface area contributed by atoms with E-state index >= 15 is 0 Å². The van der Waals surface area contributed by atoms with Crippen LogP contribution in [0.5, 0.6) is 5.75 Å². The smallest absolute Gasteiger partial charge is 0.410 e. The summed E-state index contributed by atoms with van der Waals surface area (Å²) in [6, 6.07) is 7.86. The Balaban J connectivity index is 1.89. The van der Waals surface area contributed by atoms with Gasteiger partial charge in [0.1, 0.15) is 11.4 Å². The quantitative estimate of drug-likeness (QED) is 0.805. The summed E-state index contributed by atoms with van der Waals surface area (Å²) in [5.41, 5.74) is 0.517. The topological polar surface area (TPSA) is 79.9 Å². The van der Waals surface area contributed by atoms with E-state index < -0.39 is 5.60 Å². The third-order valence-electron chi connectivity index (χ3n) is 4.76. The SMILES string of the molecule is CNC(=O)COc1ccc(N[C@H]2CCN(C(=O)OC(C)(C)C)CC[C@H]2C)cc1. The van der Waals surface area contributed by atoms with Crippen molar-refractivity contribution in [2.24, 2.45) is 5.92 Å². The third kappa shape index (κ3) is 6.94. The lowest BCUT2D eigenvalue weighted by atomic mass is 9.97. The highest BCUT2D eigenvalue weighted by atomic mass is 16.6. The molecule has 0 radical (unpaired) electrons. The molecule has 0 bridgehead atoms. The van der Waals surface area contributed by atoms with Gasteiger partial charge in [-0.2, -0.15) is 0 Å². The van der Waals surface area contributed by atoms with Crippen LogP contribution in [-0.2, 0) is 9.53 Å². The number of amides is 2. The number of carbonyl (C=O) groups is 2. The molecule has 2 rings (SSSR count). The molecule has 0 unspecified atom stereocenters. The van der Waals surface area contributed by atoms with E-state index in [1.165, 1.54) is 0 Å². The first-order chi connectivity index (χ1) is 13.2. The summed E-state index contributed by atoms with van der Waals surface area (Å²) in [6.07, 6.45) is 1.54. The van der Waals surface area contributed by atoms with Crippen LogP contribution in [0.15, 0.2) is 24.3 Å². The van der Waals surface area contributed by atoms with E-state index in [9.17, 15) is 9.59 Å². The Morgan fingerprint density at radius 2 is 1.79 bits per heavy atom. The van der Waals surface area contributed by atoms with Gasteiger partial charge in [0.15, 0.2) is 6.61 Å². The second-order valence-corrected chi connectivity index (χ2v) is 8.26. The molecule has 1 heterocycles. The van der Waals surface area contributed by atoms with E-state index in [0.29, 0.717) is 24.8 Å². The lowest BCUT2D eigenvalue weighted by Crippen LogP contribution is -2.37. The van der Waals surface area contributed by atoms with Crippen molar-refractivity contribution >= 4 is 17.7 Å². The molecule has 1 aromatic rings. The molecular weight excluding hydrogens is 358 g/mol. The molecule has 1 saturated heterocycles. The number of anilines is 1. The number of likely N-dealkylation sites (N-methyl/N-ethyl adjacent to an activating group) is 1. The van der Waals surface area contributed by atoms with Gasteiger partial charge in [0, 0.05) is 31.9 Å². The van der Waals surface area contributed by atoms with Crippen LogP contribution < -0.4 is 15.4 Å². The number of likely N-dealkylation sites (tertiary alicyclic amines) is 1. The zero-order valence-electron chi connectivity index (χ0n) is 17.6. The molecule has 2 atom stereocenters. The van der Waals surface area contributed by atoms with E-state index in [-0.39, 0.29) is 24.6 Å². The van der Waals surface area contributed by atoms with Gasteiger partial charge in [-0.3, -0.25) is 4.79 Å². The normalized spacial score (nSPS) is 20.1. The van der Waals surface area contributed by atoms with Gasteiger partial charge in [-0.15, -0.1) is 0 Å². The number of nitrogens with zero attached hydrogens (tertiary/aromatic N) is 1. The summed E-state index contributed by atoms with van der Waals surface area (Å²) >= 11 is 0. The highest BCUT2D eigenvalue weighted by Gasteiger charge is 2.28. The van der Waals surface area contributed by atoms with Crippen molar-refractivity contribution in [1.29, 1.82) is 0 Å². The predicted octanol–water partition coefficient (Wildman–Crippen LogP) is 3.26. The molecular formula is C21H33N3O4. The van der Waals surface area contributed by atoms with Crippen molar-refractivity contribution in [2.75, 3.05) is 32.1 Å². The fourth-order valence-corrected chi connectivity index (χ4v) is 3.06. The Labute approximate surface area is 167 Å². The molecule has 1 fully saturated rings. The number of rotatable bonds is 5. The van der Waals surface area contributed by atoms with Crippen molar-refractivity contribution < 1.29 is 19.1 Å². The Kier molecular flexibility index (Phi) is 7.54. The summed E-state index contributed by atoms with van der Waals surface area (Å²) < 4.78 is 10.9. The Hall–Kier alpha value is -2.44. The van der Waals surface area contributed by atoms with Gasteiger partial charge < -0.3 is 25.0 Å². The Morgan fingerprint density at radius 3 is 2.39 bits per heavy atom. The minimum Gasteiger partial charge on any atom is -0.484 e. The largest absolute Gasteiger partial charge is 0.484 e. The lowest BCUT2D eigenvalue weighted by Gasteiger charge is -2.26. The van der Waals surface area contributed by atoms with Crippen molar-refractivity contribution in [2.45, 2.75) is 52.2 Å². The molecule has 2 amide bonds. The van der Waals surface area contributed by atoms with Crippen LogP contribution in [-0.4, -0.2) is 55.3 Å². The van der Waals surface area contributed by atoms with E-state index in [2.05, 4.69) is 17.6 Å². The summed E-state index contributed by atoms with van der Waals surface area (Å²) in [5, 5.41) is 6.09. The maximum absolute atomic E-state index is 12.3. The molecule has 7 nitrogen and oxygen atoms in total. The molecule has 0 spiro atoms. The summed E-state index contributed by atoms with van der Waals surface area (Å²) in [6.45, 7) is 9.25. The van der Waals surface area contributed by atoms with Gasteiger partial charge in [0.2, 0.25) is 0 Å². The molecule has 7 heteroatoms. The summed E-state index contributed by atoms with van der Waals surface area (Å²) in [4.78, 5) is 25.4. The molecule has 28 heavy (non-hydrogen) atoms. The average molecular weight is 392 g/mol. The second kappa shape index (κ2) is 9.66. The van der Waals surface area contributed by atoms with Gasteiger partial charge in [-0.25, -0.2) is 4.79 Å². The van der Waals surface area contributed by atoms with Crippen molar-refractivity contribution in [3.63, 3.8) is 0 Å². The Bertz CT molecular complexity index is 655. The summed E-state index contributed by atoms with van der Waals surface area (Å²) in [7, 11) is 1.58. The molecule has 156 valence electrons. The molecule has 2 N–H and O–H groups in total. The van der Waals surface area contributed by atoms with Crippen LogP contribution >= 0.6 is 0 Å². The number of carbonyl (C=O) groups excluding carboxylic acids is 2. The van der Waals surface area contributed by atoms with Crippen LogP contribution in [0.2, 0.25) is 0 Å². The van der Waals surface area contributed by atoms with Crippen LogP contribution in [0, 0.1) is 5.92 Å². The first-order valence-corrected chi connectivity index (χ1v) is 9.86. The molecule has 0 aliphatic carbocycles. The van der Waals surface area contributed by atoms with E-state index in [1.54, 1.807) is 11.9 Å². The van der Waals surface area contributed by atoms with Crippen molar-refractivity contribution in [3.05, 3.63) is 24.3 Å². The zero-order valence-corrected chi connectivity index (χ0v) is 17.6. The van der Waals surface area contributed by atoms with Gasteiger partial charge in [-0.05, 0) is 63.8 Å². The van der Waals surface area contributed by atoms with Crippen LogP contribution in [0.4, 0.5) is 10.5 Å². The number of hydrogen-bond donors (Lipinski definition) is 2. The zero-order chi connectivity index (χ0) is 20.7.